The Morgan fingerprint density at radius 1 is 1.16 bits per heavy atom. The number of amides is 1. The minimum atomic E-state index is -0.0553. The Kier molecular flexibility index (Phi) is 11.1. The van der Waals surface area contributed by atoms with Gasteiger partial charge in [-0.1, -0.05) is 30.7 Å². The van der Waals surface area contributed by atoms with Crippen LogP contribution in [0.5, 0.6) is 5.75 Å². The number of ketones is 1. The molecule has 0 aromatic heterocycles. The first-order chi connectivity index (χ1) is 15.0. The topological polar surface area (TPSA) is 69.6 Å². The Morgan fingerprint density at radius 3 is 2.55 bits per heavy atom. The van der Waals surface area contributed by atoms with E-state index in [4.69, 9.17) is 0 Å². The average Bonchev–Trinajstić information content (AvgIpc) is 2.99. The molecule has 1 fully saturated rings. The number of benzene rings is 1. The van der Waals surface area contributed by atoms with Gasteiger partial charge in [-0.2, -0.15) is 0 Å². The predicted molar refractivity (Wildman–Crippen MR) is 126 cm³/mol. The van der Waals surface area contributed by atoms with Gasteiger partial charge in [0.15, 0.2) is 0 Å². The molecule has 1 unspecified atom stereocenters. The molecular weight excluding hydrogens is 388 g/mol. The lowest BCUT2D eigenvalue weighted by Gasteiger charge is -2.22. The number of phenols is 1. The van der Waals surface area contributed by atoms with Crippen molar-refractivity contribution in [2.24, 2.45) is 5.92 Å². The number of carbonyl (C=O) groups excluding carboxylic acids is 2. The Hall–Kier alpha value is -2.40. The summed E-state index contributed by atoms with van der Waals surface area (Å²) >= 11 is 0. The number of hydrogen-bond donors (Lipinski definition) is 2. The van der Waals surface area contributed by atoms with Crippen LogP contribution in [-0.4, -0.2) is 47.9 Å². The van der Waals surface area contributed by atoms with Gasteiger partial charge in [-0.3, -0.25) is 9.69 Å². The second-order valence-electron chi connectivity index (χ2n) is 8.57. The highest BCUT2D eigenvalue weighted by Gasteiger charge is 2.18. The third-order valence-corrected chi connectivity index (χ3v) is 5.75. The van der Waals surface area contributed by atoms with Crippen molar-refractivity contribution in [3.8, 4) is 5.75 Å². The molecule has 1 aromatic carbocycles. The summed E-state index contributed by atoms with van der Waals surface area (Å²) in [5, 5.41) is 12.4. The molecule has 2 N–H and O–H groups in total. The van der Waals surface area contributed by atoms with Crippen molar-refractivity contribution in [1.82, 2.24) is 10.2 Å². The second kappa shape index (κ2) is 13.8. The highest BCUT2D eigenvalue weighted by atomic mass is 16.3. The zero-order chi connectivity index (χ0) is 22.5. The number of Topliss-reactive ketones (excluding diaryl/α,β-unsaturated/α-hetero) is 1. The standard InChI is InChI=1S/C21H28N2O2.C5H10O/c24-20-10-8-19(9-11-20)21(25)22-15-17-7-4-13-23(14-12-17)16-18-5-2-1-3-6-18;1-3-4-5(2)6/h1-2,5,8-11,17,24H,3-4,6-7,12-16H2,(H,22,25);3-4H2,1-2H3. The summed E-state index contributed by atoms with van der Waals surface area (Å²) in [6.07, 6.45) is 14.3. The van der Waals surface area contributed by atoms with Crippen molar-refractivity contribution in [2.75, 3.05) is 26.2 Å². The van der Waals surface area contributed by atoms with E-state index in [0.717, 1.165) is 45.4 Å². The number of aromatic hydroxyl groups is 1. The van der Waals surface area contributed by atoms with Crippen molar-refractivity contribution >= 4 is 11.7 Å². The van der Waals surface area contributed by atoms with Gasteiger partial charge in [-0.15, -0.1) is 0 Å². The number of carbonyl (C=O) groups is 2. The number of phenolic OH excluding ortho intramolecular Hbond substituents is 1. The summed E-state index contributed by atoms with van der Waals surface area (Å²) < 4.78 is 0. The third kappa shape index (κ3) is 9.97. The third-order valence-electron chi connectivity index (χ3n) is 5.75. The zero-order valence-corrected chi connectivity index (χ0v) is 19.1. The SMILES string of the molecule is CCCC(C)=O.O=C(NCC1CCCN(CC2=CC=CCC2)CC1)c1ccc(O)cc1. The van der Waals surface area contributed by atoms with Crippen molar-refractivity contribution in [1.29, 1.82) is 0 Å². The molecule has 1 aromatic rings. The van der Waals surface area contributed by atoms with Crippen LogP contribution in [0.3, 0.4) is 0 Å². The Morgan fingerprint density at radius 2 is 1.94 bits per heavy atom. The van der Waals surface area contributed by atoms with Crippen molar-refractivity contribution in [2.45, 2.75) is 58.8 Å². The minimum absolute atomic E-state index is 0.0553. The highest BCUT2D eigenvalue weighted by Crippen LogP contribution is 2.20. The van der Waals surface area contributed by atoms with Crippen molar-refractivity contribution in [3.05, 3.63) is 53.6 Å². The summed E-state index contributed by atoms with van der Waals surface area (Å²) in [5.74, 6) is 0.966. The van der Waals surface area contributed by atoms with Crippen molar-refractivity contribution in [3.63, 3.8) is 0 Å². The van der Waals surface area contributed by atoms with Crippen LogP contribution in [0.4, 0.5) is 0 Å². The highest BCUT2D eigenvalue weighted by molar-refractivity contribution is 5.94. The maximum absolute atomic E-state index is 12.2. The first kappa shape index (κ1) is 24.9. The van der Waals surface area contributed by atoms with Gasteiger partial charge < -0.3 is 15.2 Å². The number of nitrogens with one attached hydrogen (secondary N) is 1. The van der Waals surface area contributed by atoms with Gasteiger partial charge in [0.05, 0.1) is 0 Å². The molecule has 2 aliphatic rings. The first-order valence-electron chi connectivity index (χ1n) is 11.6. The number of allylic oxidation sites excluding steroid dienone is 3. The van der Waals surface area contributed by atoms with Crippen LogP contribution in [0.15, 0.2) is 48.1 Å². The lowest BCUT2D eigenvalue weighted by Crippen LogP contribution is -2.30. The fourth-order valence-electron chi connectivity index (χ4n) is 3.96. The van der Waals surface area contributed by atoms with E-state index in [1.54, 1.807) is 36.8 Å². The lowest BCUT2D eigenvalue weighted by molar-refractivity contribution is -0.117. The molecule has 5 heteroatoms. The molecule has 1 aliphatic heterocycles. The Balaban J connectivity index is 0.000000501. The maximum atomic E-state index is 12.2. The first-order valence-corrected chi connectivity index (χ1v) is 11.6. The molecule has 0 saturated carbocycles. The molecule has 0 bridgehead atoms. The van der Waals surface area contributed by atoms with E-state index in [9.17, 15) is 14.7 Å². The van der Waals surface area contributed by atoms with Gasteiger partial charge in [0.2, 0.25) is 0 Å². The van der Waals surface area contributed by atoms with E-state index in [-0.39, 0.29) is 17.4 Å². The largest absolute Gasteiger partial charge is 0.508 e. The van der Waals surface area contributed by atoms with Gasteiger partial charge in [0.1, 0.15) is 11.5 Å². The van der Waals surface area contributed by atoms with E-state index in [1.165, 1.54) is 25.7 Å². The van der Waals surface area contributed by atoms with Gasteiger partial charge in [0.25, 0.3) is 5.91 Å². The van der Waals surface area contributed by atoms with Gasteiger partial charge >= 0.3 is 0 Å². The van der Waals surface area contributed by atoms with E-state index >= 15 is 0 Å². The number of likely N-dealkylation sites (tertiary alicyclic amines) is 1. The molecule has 1 amide bonds. The minimum Gasteiger partial charge on any atom is -0.508 e. The second-order valence-corrected chi connectivity index (χ2v) is 8.57. The van der Waals surface area contributed by atoms with Crippen molar-refractivity contribution < 1.29 is 14.7 Å². The monoisotopic (exact) mass is 426 g/mol. The molecule has 1 atom stereocenters. The fourth-order valence-corrected chi connectivity index (χ4v) is 3.96. The normalized spacial score (nSPS) is 18.9. The molecule has 1 aliphatic carbocycles. The molecule has 5 nitrogen and oxygen atoms in total. The van der Waals surface area contributed by atoms with Gasteiger partial charge in [-0.05, 0) is 88.7 Å². The number of rotatable bonds is 7. The average molecular weight is 427 g/mol. The summed E-state index contributed by atoms with van der Waals surface area (Å²) in [6, 6.07) is 6.42. The van der Waals surface area contributed by atoms with Crippen LogP contribution >= 0.6 is 0 Å². The van der Waals surface area contributed by atoms with Crippen LogP contribution in [0, 0.1) is 5.92 Å². The fraction of sp³-hybridized carbons (Fsp3) is 0.538. The zero-order valence-electron chi connectivity index (χ0n) is 19.1. The predicted octanol–water partition coefficient (Wildman–Crippen LogP) is 4.88. The number of nitrogens with zero attached hydrogens (tertiary/aromatic N) is 1. The van der Waals surface area contributed by atoms with Crippen LogP contribution in [-0.2, 0) is 4.79 Å². The van der Waals surface area contributed by atoms with E-state index in [2.05, 4.69) is 28.4 Å². The lowest BCUT2D eigenvalue weighted by atomic mass is 10.0. The molecular formula is C26H38N2O3. The maximum Gasteiger partial charge on any atom is 0.251 e. The summed E-state index contributed by atoms with van der Waals surface area (Å²) in [4.78, 5) is 24.8. The smallest absolute Gasteiger partial charge is 0.251 e. The quantitative estimate of drug-likeness (QED) is 0.652. The van der Waals surface area contributed by atoms with Crippen LogP contribution in [0.2, 0.25) is 0 Å². The van der Waals surface area contributed by atoms with Gasteiger partial charge in [-0.25, -0.2) is 0 Å². The van der Waals surface area contributed by atoms with Crippen LogP contribution < -0.4 is 5.32 Å². The molecule has 3 rings (SSSR count). The Bertz CT molecular complexity index is 752. The molecule has 1 saturated heterocycles. The molecule has 31 heavy (non-hydrogen) atoms. The summed E-state index contributed by atoms with van der Waals surface area (Å²) in [7, 11) is 0. The van der Waals surface area contributed by atoms with Crippen LogP contribution in [0.1, 0.15) is 69.2 Å². The summed E-state index contributed by atoms with van der Waals surface area (Å²) in [6.45, 7) is 7.71. The van der Waals surface area contributed by atoms with E-state index in [1.807, 2.05) is 6.92 Å². The van der Waals surface area contributed by atoms with E-state index in [0.29, 0.717) is 11.5 Å². The Labute approximate surface area is 187 Å². The van der Waals surface area contributed by atoms with Crippen LogP contribution in [0.25, 0.3) is 0 Å². The number of hydrogen-bond acceptors (Lipinski definition) is 4. The van der Waals surface area contributed by atoms with Gasteiger partial charge in [0, 0.05) is 25.1 Å². The van der Waals surface area contributed by atoms with E-state index < -0.39 is 0 Å². The molecule has 1 heterocycles. The molecule has 0 spiro atoms. The molecule has 0 radical (unpaired) electrons. The molecule has 170 valence electrons. The summed E-state index contributed by atoms with van der Waals surface area (Å²) in [5.41, 5.74) is 2.15.